The van der Waals surface area contributed by atoms with Crippen LogP contribution in [-0.4, -0.2) is 39.9 Å². The number of hydrogen-bond acceptors (Lipinski definition) is 12. The van der Waals surface area contributed by atoms with E-state index in [1.807, 2.05) is 84.9 Å². The first kappa shape index (κ1) is 39.8. The van der Waals surface area contributed by atoms with Crippen LogP contribution in [0.15, 0.2) is 176 Å². The summed E-state index contributed by atoms with van der Waals surface area (Å²) in [5.74, 6) is 0. The molecule has 8 aromatic carbocycles. The third-order valence-electron chi connectivity index (χ3n) is 12.3. The van der Waals surface area contributed by atoms with E-state index in [9.17, 15) is 0 Å². The van der Waals surface area contributed by atoms with Gasteiger partial charge in [-0.2, -0.15) is 0 Å². The lowest BCUT2D eigenvalue weighted by atomic mass is 10.1. The fraction of sp³-hybridized carbons (Fsp3) is 0.0508. The Hall–Kier alpha value is -8.00. The molecule has 0 amide bonds. The van der Waals surface area contributed by atoms with Gasteiger partial charge in [0.15, 0.2) is 0 Å². The predicted octanol–water partition coefficient (Wildman–Crippen LogP) is 16.9. The van der Waals surface area contributed by atoms with Crippen LogP contribution in [-0.2, 0) is 0 Å². The van der Waals surface area contributed by atoms with E-state index in [2.05, 4.69) is 89.2 Å². The van der Waals surface area contributed by atoms with Gasteiger partial charge in [-0.1, -0.05) is 97.0 Å². The monoisotopic (exact) mass is 989 g/mol. The highest BCUT2D eigenvalue weighted by molar-refractivity contribution is 7.26. The van der Waals surface area contributed by atoms with E-state index in [1.165, 1.54) is 41.6 Å². The molecule has 12 heteroatoms. The van der Waals surface area contributed by atoms with Gasteiger partial charge in [-0.25, -0.2) is 39.9 Å². The number of hydrogen-bond donors (Lipinski definition) is 0. The Kier molecular flexibility index (Phi) is 9.95. The maximum Gasteiger partial charge on any atom is 0.143 e. The molecule has 0 atom stereocenters. The number of benzene rings is 8. The molecule has 0 bridgehead atoms. The van der Waals surface area contributed by atoms with E-state index in [1.54, 1.807) is 69.6 Å². The van der Waals surface area contributed by atoms with Gasteiger partial charge in [0.2, 0.25) is 0 Å². The largest absolute Gasteiger partial charge is 0.243 e. The first-order valence-electron chi connectivity index (χ1n) is 24.3. The molecule has 8 nitrogen and oxygen atoms in total. The van der Waals surface area contributed by atoms with Crippen molar-refractivity contribution in [2.45, 2.75) is 20.8 Å². The van der Waals surface area contributed by atoms with Crippen LogP contribution in [0.5, 0.6) is 0 Å². The zero-order valence-corrected chi connectivity index (χ0v) is 41.5. The summed E-state index contributed by atoms with van der Waals surface area (Å²) in [4.78, 5) is 41.3. The number of para-hydroxylation sites is 8. The SMILES string of the molecule is Cc1cc2sc3nc4ccccc4nc3c2cc1C.Cc1ccc2c(c1)sc1nc3ccccc3nc12.[2H]c1cc2nc3sc4ccccc4c3nc2cc1[2H].[2H]c1ccc2nc3c(nc2c1)sc1ccccc13. The van der Waals surface area contributed by atoms with Gasteiger partial charge >= 0.3 is 0 Å². The quantitative estimate of drug-likeness (QED) is 0.148. The number of fused-ring (bicyclic) bond motifs is 16. The van der Waals surface area contributed by atoms with Crippen molar-refractivity contribution >= 4 is 171 Å². The van der Waals surface area contributed by atoms with Crippen molar-refractivity contribution in [1.82, 2.24) is 39.9 Å². The fourth-order valence-corrected chi connectivity index (χ4v) is 12.9. The minimum atomic E-state index is 0.181. The van der Waals surface area contributed by atoms with Crippen molar-refractivity contribution in [3.8, 4) is 0 Å². The molecule has 0 aliphatic carbocycles. The molecule has 71 heavy (non-hydrogen) atoms. The molecule has 0 fully saturated rings. The normalized spacial score (nSPS) is 12.2. The lowest BCUT2D eigenvalue weighted by Gasteiger charge is -1.99. The van der Waals surface area contributed by atoms with Crippen LogP contribution >= 0.6 is 45.3 Å². The molecule has 0 N–H and O–H groups in total. The van der Waals surface area contributed by atoms with Crippen LogP contribution in [0, 0.1) is 20.8 Å². The molecular formula is C59H38N8S4. The molecule has 0 spiro atoms. The van der Waals surface area contributed by atoms with Crippen LogP contribution in [0.2, 0.25) is 0 Å². The van der Waals surface area contributed by atoms with Gasteiger partial charge in [0.25, 0.3) is 0 Å². The predicted molar refractivity (Wildman–Crippen MR) is 304 cm³/mol. The topological polar surface area (TPSA) is 103 Å². The summed E-state index contributed by atoms with van der Waals surface area (Å²) in [7, 11) is 0. The first-order valence-corrected chi connectivity index (χ1v) is 26.1. The van der Waals surface area contributed by atoms with Crippen LogP contribution in [0.3, 0.4) is 0 Å². The Morgan fingerprint density at radius 2 is 0.648 bits per heavy atom. The molecule has 0 aliphatic heterocycles. The van der Waals surface area contributed by atoms with E-state index in [4.69, 9.17) is 24.0 Å². The van der Waals surface area contributed by atoms with Gasteiger partial charge in [0, 0.05) is 40.3 Å². The fourth-order valence-electron chi connectivity index (χ4n) is 8.65. The molecule has 16 aromatic rings. The molecule has 0 saturated heterocycles. The smallest absolute Gasteiger partial charge is 0.143 e. The number of aryl methyl sites for hydroxylation is 3. The van der Waals surface area contributed by atoms with E-state index < -0.39 is 0 Å². The molecule has 0 aliphatic rings. The van der Waals surface area contributed by atoms with Crippen molar-refractivity contribution in [2.75, 3.05) is 0 Å². The summed E-state index contributed by atoms with van der Waals surface area (Å²) in [5.41, 5.74) is 14.7. The van der Waals surface area contributed by atoms with Gasteiger partial charge in [0.1, 0.15) is 41.4 Å². The molecule has 8 heterocycles. The van der Waals surface area contributed by atoms with Crippen molar-refractivity contribution in [2.24, 2.45) is 0 Å². The first-order chi connectivity index (χ1) is 36.1. The van der Waals surface area contributed by atoms with Crippen molar-refractivity contribution < 1.29 is 4.11 Å². The Morgan fingerprint density at radius 1 is 0.296 bits per heavy atom. The van der Waals surface area contributed by atoms with Crippen molar-refractivity contribution in [3.05, 3.63) is 193 Å². The Morgan fingerprint density at radius 3 is 1.17 bits per heavy atom. The van der Waals surface area contributed by atoms with Crippen LogP contribution in [0.4, 0.5) is 0 Å². The Labute approximate surface area is 425 Å². The zero-order valence-electron chi connectivity index (χ0n) is 41.2. The summed E-state index contributed by atoms with van der Waals surface area (Å²) < 4.78 is 27.9. The highest BCUT2D eigenvalue weighted by Crippen LogP contribution is 2.37. The Balaban J connectivity index is 0.0000000952. The minimum Gasteiger partial charge on any atom is -0.243 e. The van der Waals surface area contributed by atoms with Crippen molar-refractivity contribution in [1.29, 1.82) is 0 Å². The van der Waals surface area contributed by atoms with E-state index in [0.29, 0.717) is 17.1 Å². The zero-order chi connectivity index (χ0) is 50.2. The van der Waals surface area contributed by atoms with E-state index in [0.717, 1.165) is 90.0 Å². The molecule has 0 unspecified atom stereocenters. The number of aromatic nitrogens is 8. The van der Waals surface area contributed by atoms with Crippen LogP contribution in [0.1, 0.15) is 20.8 Å². The maximum absolute atomic E-state index is 7.68. The van der Waals surface area contributed by atoms with Gasteiger partial charge in [-0.05, 0) is 116 Å². The lowest BCUT2D eigenvalue weighted by Crippen LogP contribution is -1.84. The van der Waals surface area contributed by atoms with Gasteiger partial charge in [0.05, 0.1) is 48.2 Å². The highest BCUT2D eigenvalue weighted by atomic mass is 32.1. The van der Waals surface area contributed by atoms with Gasteiger partial charge < -0.3 is 0 Å². The third kappa shape index (κ3) is 8.00. The molecule has 0 radical (unpaired) electrons. The third-order valence-corrected chi connectivity index (χ3v) is 16.5. The second-order valence-corrected chi connectivity index (χ2v) is 21.2. The minimum absolute atomic E-state index is 0.181. The van der Waals surface area contributed by atoms with Crippen LogP contribution < -0.4 is 0 Å². The number of rotatable bonds is 0. The molecular weight excluding hydrogens is 949 g/mol. The summed E-state index contributed by atoms with van der Waals surface area (Å²) >= 11 is 6.70. The number of thiophene rings is 4. The van der Waals surface area contributed by atoms with E-state index in [-0.39, 0.29) is 12.1 Å². The Bertz CT molecular complexity index is 4880. The molecule has 0 saturated carbocycles. The second-order valence-electron chi connectivity index (χ2n) is 17.1. The van der Waals surface area contributed by atoms with Crippen LogP contribution in [0.25, 0.3) is 126 Å². The standard InChI is InChI=1S/C16H12N2S.C15H10N2S.2C14H8N2S/c1-9-7-11-14(8-10(9)2)19-16-15(11)17-12-5-3-4-6-13(12)18-16;1-9-6-7-10-13(8-9)18-15-14(10)16-11-4-2-3-5-12(11)17-15;2*1-4-8-12-9(5-1)13-14(17-12)16-11-7-3-2-6-10(11)15-13/h3-8H,1-2H3;2-8H,1H3;2*1-8H/i;;2D,3D;3D. The summed E-state index contributed by atoms with van der Waals surface area (Å²) in [6.07, 6.45) is 0. The van der Waals surface area contributed by atoms with Crippen molar-refractivity contribution in [3.63, 3.8) is 0 Å². The maximum atomic E-state index is 7.68. The second kappa shape index (κ2) is 17.8. The average molecular weight is 990 g/mol. The average Bonchev–Trinajstić information content (AvgIpc) is 4.16. The van der Waals surface area contributed by atoms with Gasteiger partial charge in [-0.15, -0.1) is 45.3 Å². The molecule has 8 aromatic heterocycles. The molecule has 16 rings (SSSR count). The summed E-state index contributed by atoms with van der Waals surface area (Å²) in [6.45, 7) is 6.41. The molecule has 338 valence electrons. The lowest BCUT2D eigenvalue weighted by molar-refractivity contribution is 1.37. The summed E-state index contributed by atoms with van der Waals surface area (Å²) in [5, 5.41) is 4.68. The van der Waals surface area contributed by atoms with Gasteiger partial charge in [-0.3, -0.25) is 0 Å². The highest BCUT2D eigenvalue weighted by Gasteiger charge is 2.13. The summed E-state index contributed by atoms with van der Waals surface area (Å²) in [6, 6.07) is 52.7. The number of nitrogens with zero attached hydrogens (tertiary/aromatic N) is 8. The van der Waals surface area contributed by atoms with E-state index >= 15 is 0 Å².